The van der Waals surface area contributed by atoms with Crippen LogP contribution in [0.5, 0.6) is 0 Å². The fraction of sp³-hybridized carbons (Fsp3) is 0.750. The molecule has 72 valence electrons. The molecule has 0 aromatic carbocycles. The van der Waals surface area contributed by atoms with Crippen molar-refractivity contribution in [2.24, 2.45) is 11.1 Å². The van der Waals surface area contributed by atoms with Gasteiger partial charge in [-0.1, -0.05) is 0 Å². The average molecular weight is 184 g/mol. The molecule has 0 aromatic heterocycles. The van der Waals surface area contributed by atoms with Crippen molar-refractivity contribution in [3.8, 4) is 6.07 Å². The van der Waals surface area contributed by atoms with E-state index in [1.165, 1.54) is 0 Å². The predicted octanol–water partition coefficient (Wildman–Crippen LogP) is 0.402. The van der Waals surface area contributed by atoms with Gasteiger partial charge < -0.3 is 15.2 Å². The molecule has 1 heterocycles. The smallest absolute Gasteiger partial charge is 0.404 e. The summed E-state index contributed by atoms with van der Waals surface area (Å²) in [5.41, 5.74) is 4.23. The molecular weight excluding hydrogens is 172 g/mol. The third kappa shape index (κ3) is 2.60. The van der Waals surface area contributed by atoms with E-state index < -0.39 is 11.5 Å². The van der Waals surface area contributed by atoms with E-state index in [1.54, 1.807) is 0 Å². The van der Waals surface area contributed by atoms with Crippen LogP contribution in [0.2, 0.25) is 0 Å². The summed E-state index contributed by atoms with van der Waals surface area (Å²) in [7, 11) is 0. The molecule has 1 fully saturated rings. The van der Waals surface area contributed by atoms with Crippen LogP contribution in [0.1, 0.15) is 12.8 Å². The average Bonchev–Trinajstić information content (AvgIpc) is 2.16. The van der Waals surface area contributed by atoms with Crippen molar-refractivity contribution in [2.45, 2.75) is 12.8 Å². The molecule has 1 amide bonds. The van der Waals surface area contributed by atoms with Crippen LogP contribution < -0.4 is 5.73 Å². The molecule has 0 atom stereocenters. The summed E-state index contributed by atoms with van der Waals surface area (Å²) in [6, 6.07) is 2.16. The number of ether oxygens (including phenoxy) is 2. The summed E-state index contributed by atoms with van der Waals surface area (Å²) in [5, 5.41) is 8.92. The molecule has 0 bridgehead atoms. The first-order valence-electron chi connectivity index (χ1n) is 4.10. The zero-order valence-electron chi connectivity index (χ0n) is 7.28. The summed E-state index contributed by atoms with van der Waals surface area (Å²) in [4.78, 5) is 10.4. The second-order valence-corrected chi connectivity index (χ2v) is 3.11. The predicted molar refractivity (Wildman–Crippen MR) is 43.6 cm³/mol. The maximum absolute atomic E-state index is 10.4. The van der Waals surface area contributed by atoms with Gasteiger partial charge in [0.2, 0.25) is 0 Å². The Morgan fingerprint density at radius 2 is 2.23 bits per heavy atom. The second-order valence-electron chi connectivity index (χ2n) is 3.11. The summed E-state index contributed by atoms with van der Waals surface area (Å²) in [6.45, 7) is 1.15. The molecule has 0 aliphatic carbocycles. The Hall–Kier alpha value is -1.28. The number of primary amides is 1. The molecule has 1 aliphatic rings. The minimum absolute atomic E-state index is 0.0716. The lowest BCUT2D eigenvalue weighted by Crippen LogP contribution is -2.34. The van der Waals surface area contributed by atoms with Crippen molar-refractivity contribution < 1.29 is 14.3 Å². The van der Waals surface area contributed by atoms with Crippen LogP contribution in [0.4, 0.5) is 4.79 Å². The van der Waals surface area contributed by atoms with Crippen molar-refractivity contribution in [1.29, 1.82) is 5.26 Å². The normalized spacial score (nSPS) is 20.2. The van der Waals surface area contributed by atoms with Crippen molar-refractivity contribution in [3.05, 3.63) is 0 Å². The number of amides is 1. The van der Waals surface area contributed by atoms with E-state index in [4.69, 9.17) is 15.7 Å². The number of nitrogens with zero attached hydrogens (tertiary/aromatic N) is 1. The van der Waals surface area contributed by atoms with Crippen LogP contribution in [-0.4, -0.2) is 25.9 Å². The summed E-state index contributed by atoms with van der Waals surface area (Å²) in [6.07, 6.45) is 0.356. The van der Waals surface area contributed by atoms with Gasteiger partial charge in [-0.3, -0.25) is 0 Å². The van der Waals surface area contributed by atoms with E-state index in [9.17, 15) is 4.79 Å². The zero-order chi connectivity index (χ0) is 9.73. The summed E-state index contributed by atoms with van der Waals surface area (Å²) >= 11 is 0. The van der Waals surface area contributed by atoms with Crippen LogP contribution in [0.15, 0.2) is 0 Å². The summed E-state index contributed by atoms with van der Waals surface area (Å²) in [5.74, 6) is 0. The second kappa shape index (κ2) is 4.10. The van der Waals surface area contributed by atoms with Gasteiger partial charge in [0, 0.05) is 13.2 Å². The van der Waals surface area contributed by atoms with Crippen molar-refractivity contribution in [1.82, 2.24) is 0 Å². The van der Waals surface area contributed by atoms with Crippen LogP contribution >= 0.6 is 0 Å². The fourth-order valence-corrected chi connectivity index (χ4v) is 1.26. The van der Waals surface area contributed by atoms with Gasteiger partial charge in [0.15, 0.2) is 0 Å². The number of nitriles is 1. The molecule has 1 aliphatic heterocycles. The number of rotatable bonds is 2. The summed E-state index contributed by atoms with van der Waals surface area (Å²) < 4.78 is 9.75. The quantitative estimate of drug-likeness (QED) is 0.673. The number of nitrogens with two attached hydrogens (primary N) is 1. The first kappa shape index (κ1) is 9.81. The van der Waals surface area contributed by atoms with E-state index in [0.717, 1.165) is 0 Å². The van der Waals surface area contributed by atoms with E-state index >= 15 is 0 Å². The van der Waals surface area contributed by atoms with Crippen LogP contribution in [-0.2, 0) is 9.47 Å². The number of carbonyl (C=O) groups excluding carboxylic acids is 1. The first-order chi connectivity index (χ1) is 6.18. The standard InChI is InChI=1S/C8H12N2O3/c9-5-8(6-13-7(10)11)1-3-12-4-2-8/h1-4,6H2,(H2,10,11). The highest BCUT2D eigenvalue weighted by molar-refractivity contribution is 5.64. The van der Waals surface area contributed by atoms with Crippen molar-refractivity contribution in [3.63, 3.8) is 0 Å². The third-order valence-electron chi connectivity index (χ3n) is 2.18. The largest absolute Gasteiger partial charge is 0.448 e. The number of hydrogen-bond donors (Lipinski definition) is 1. The van der Waals surface area contributed by atoms with Gasteiger partial charge in [0.05, 0.1) is 11.5 Å². The molecule has 13 heavy (non-hydrogen) atoms. The molecule has 1 rings (SSSR count). The van der Waals surface area contributed by atoms with Crippen LogP contribution in [0.3, 0.4) is 0 Å². The minimum atomic E-state index is -0.832. The molecule has 5 heteroatoms. The van der Waals surface area contributed by atoms with Gasteiger partial charge in [-0.15, -0.1) is 0 Å². The Kier molecular flexibility index (Phi) is 3.09. The molecular formula is C8H12N2O3. The van der Waals surface area contributed by atoms with Crippen LogP contribution in [0, 0.1) is 16.7 Å². The molecule has 0 spiro atoms. The lowest BCUT2D eigenvalue weighted by Gasteiger charge is -2.29. The minimum Gasteiger partial charge on any atom is -0.448 e. The maximum Gasteiger partial charge on any atom is 0.404 e. The lowest BCUT2D eigenvalue weighted by atomic mass is 9.83. The third-order valence-corrected chi connectivity index (χ3v) is 2.18. The first-order valence-corrected chi connectivity index (χ1v) is 4.10. The van der Waals surface area contributed by atoms with E-state index in [2.05, 4.69) is 10.8 Å². The maximum atomic E-state index is 10.4. The van der Waals surface area contributed by atoms with Crippen molar-refractivity contribution >= 4 is 6.09 Å². The zero-order valence-corrected chi connectivity index (χ0v) is 7.28. The molecule has 5 nitrogen and oxygen atoms in total. The lowest BCUT2D eigenvalue weighted by molar-refractivity contribution is 0.00894. The highest BCUT2D eigenvalue weighted by atomic mass is 16.5. The Morgan fingerprint density at radius 3 is 2.69 bits per heavy atom. The Bertz CT molecular complexity index is 228. The van der Waals surface area contributed by atoms with E-state index in [0.29, 0.717) is 26.1 Å². The molecule has 0 aromatic rings. The van der Waals surface area contributed by atoms with Crippen molar-refractivity contribution in [2.75, 3.05) is 19.8 Å². The van der Waals surface area contributed by atoms with Crippen LogP contribution in [0.25, 0.3) is 0 Å². The Balaban J connectivity index is 2.49. The van der Waals surface area contributed by atoms with Gasteiger partial charge in [-0.2, -0.15) is 5.26 Å². The van der Waals surface area contributed by atoms with E-state index in [1.807, 2.05) is 0 Å². The van der Waals surface area contributed by atoms with Gasteiger partial charge in [0.1, 0.15) is 6.61 Å². The highest BCUT2D eigenvalue weighted by Gasteiger charge is 2.34. The number of hydrogen-bond acceptors (Lipinski definition) is 4. The highest BCUT2D eigenvalue weighted by Crippen LogP contribution is 2.29. The molecule has 1 saturated heterocycles. The molecule has 2 N–H and O–H groups in total. The molecule has 0 radical (unpaired) electrons. The molecule has 0 unspecified atom stereocenters. The fourth-order valence-electron chi connectivity index (χ4n) is 1.26. The monoisotopic (exact) mass is 184 g/mol. The topological polar surface area (TPSA) is 85.3 Å². The number of carbonyl (C=O) groups is 1. The van der Waals surface area contributed by atoms with E-state index in [-0.39, 0.29) is 6.61 Å². The van der Waals surface area contributed by atoms with Gasteiger partial charge in [0.25, 0.3) is 0 Å². The van der Waals surface area contributed by atoms with Gasteiger partial charge in [-0.25, -0.2) is 4.79 Å². The Morgan fingerprint density at radius 1 is 1.62 bits per heavy atom. The molecule has 0 saturated carbocycles. The Labute approximate surface area is 76.4 Å². The van der Waals surface area contributed by atoms with Gasteiger partial charge >= 0.3 is 6.09 Å². The van der Waals surface area contributed by atoms with Gasteiger partial charge in [-0.05, 0) is 12.8 Å². The SMILES string of the molecule is N#CC1(COC(N)=O)CCOCC1.